The molecule has 0 saturated carbocycles. The number of hydrogen-bond donors (Lipinski definition) is 2. The number of hydrogen-bond acceptors (Lipinski definition) is 9. The van der Waals surface area contributed by atoms with Crippen LogP contribution in [0, 0.1) is 0 Å². The highest BCUT2D eigenvalue weighted by Crippen LogP contribution is 2.36. The fourth-order valence-corrected chi connectivity index (χ4v) is 6.03. The van der Waals surface area contributed by atoms with Gasteiger partial charge in [-0.15, -0.1) is 0 Å². The van der Waals surface area contributed by atoms with Crippen LogP contribution in [0.2, 0.25) is 0 Å². The van der Waals surface area contributed by atoms with Gasteiger partial charge in [0, 0.05) is 45.0 Å². The van der Waals surface area contributed by atoms with Crippen molar-refractivity contribution >= 4 is 41.1 Å². The standard InChI is InChI=1S/C35H36F3N7O5/c1-2-49-32(47)25-9-6-10-26(21-25)41-33(48)44-19-17-43(18-20-44)28-12-11-27(22-39-28)40-31(46)29-30(35(36,37)38)42-34(50-29)45-15-13-24(14-16-45)23-7-4-3-5-8-23/h3-12,21-22,24H,2,13-20H2,1H3,(H,40,46)(H,41,48). The summed E-state index contributed by atoms with van der Waals surface area (Å²) in [4.78, 5) is 51.2. The SMILES string of the molecule is CCOC(=O)c1cccc(NC(=O)N2CCN(c3ccc(NC(=O)c4oc(N5CCC(c6ccccc6)CC5)nc4C(F)(F)F)cn3)CC2)c1. The molecule has 2 aliphatic rings. The van der Waals surface area contributed by atoms with Crippen molar-refractivity contribution in [3.05, 3.63) is 95.5 Å². The average Bonchev–Trinajstić information content (AvgIpc) is 3.60. The molecule has 0 spiro atoms. The van der Waals surface area contributed by atoms with Gasteiger partial charge in [-0.2, -0.15) is 18.2 Å². The maximum atomic E-state index is 13.9. The lowest BCUT2D eigenvalue weighted by Crippen LogP contribution is -2.50. The number of carbonyl (C=O) groups excluding carboxylic acids is 3. The average molecular weight is 692 g/mol. The van der Waals surface area contributed by atoms with Crippen LogP contribution in [0.3, 0.4) is 0 Å². The monoisotopic (exact) mass is 691 g/mol. The number of piperidine rings is 1. The normalized spacial score (nSPS) is 15.5. The summed E-state index contributed by atoms with van der Waals surface area (Å²) in [6.07, 6.45) is -2.13. The van der Waals surface area contributed by atoms with E-state index in [9.17, 15) is 27.6 Å². The molecule has 2 fully saturated rings. The van der Waals surface area contributed by atoms with E-state index in [1.165, 1.54) is 17.8 Å². The van der Waals surface area contributed by atoms with Gasteiger partial charge in [0.25, 0.3) is 11.9 Å². The second kappa shape index (κ2) is 14.9. The summed E-state index contributed by atoms with van der Waals surface area (Å²) in [5, 5.41) is 5.25. The van der Waals surface area contributed by atoms with Crippen molar-refractivity contribution < 1.29 is 36.7 Å². The molecule has 6 rings (SSSR count). The topological polar surface area (TPSA) is 133 Å². The molecule has 0 unspecified atom stereocenters. The molecular formula is C35H36F3N7O5. The first-order chi connectivity index (χ1) is 24.1. The van der Waals surface area contributed by atoms with E-state index in [0.717, 1.165) is 0 Å². The highest BCUT2D eigenvalue weighted by Gasteiger charge is 2.42. The summed E-state index contributed by atoms with van der Waals surface area (Å²) in [7, 11) is 0. The number of halogens is 3. The van der Waals surface area contributed by atoms with E-state index in [-0.39, 0.29) is 30.3 Å². The first kappa shape index (κ1) is 34.3. The molecule has 2 aliphatic heterocycles. The van der Waals surface area contributed by atoms with Crippen LogP contribution in [0.1, 0.15) is 57.9 Å². The summed E-state index contributed by atoms with van der Waals surface area (Å²) in [5.74, 6) is -1.62. The van der Waals surface area contributed by atoms with E-state index < -0.39 is 29.5 Å². The molecule has 0 radical (unpaired) electrons. The van der Waals surface area contributed by atoms with Gasteiger partial charge in [-0.3, -0.25) is 4.79 Å². The van der Waals surface area contributed by atoms with Gasteiger partial charge in [0.1, 0.15) is 5.82 Å². The second-order valence-corrected chi connectivity index (χ2v) is 11.9. The zero-order chi connectivity index (χ0) is 35.3. The van der Waals surface area contributed by atoms with Crippen molar-refractivity contribution in [2.24, 2.45) is 0 Å². The number of amides is 3. The number of urea groups is 1. The van der Waals surface area contributed by atoms with E-state index >= 15 is 0 Å². The molecule has 15 heteroatoms. The summed E-state index contributed by atoms with van der Waals surface area (Å²) in [6.45, 7) is 4.55. The Morgan fingerprint density at radius 3 is 2.28 bits per heavy atom. The minimum atomic E-state index is -4.90. The lowest BCUT2D eigenvalue weighted by Gasteiger charge is -2.35. The van der Waals surface area contributed by atoms with E-state index in [2.05, 4.69) is 20.6 Å². The predicted molar refractivity (Wildman–Crippen MR) is 180 cm³/mol. The number of anilines is 4. The van der Waals surface area contributed by atoms with Crippen LogP contribution in [-0.4, -0.2) is 78.7 Å². The third-order valence-electron chi connectivity index (χ3n) is 8.65. The first-order valence-corrected chi connectivity index (χ1v) is 16.3. The van der Waals surface area contributed by atoms with E-state index in [4.69, 9.17) is 9.15 Å². The third-order valence-corrected chi connectivity index (χ3v) is 8.65. The van der Waals surface area contributed by atoms with Crippen LogP contribution >= 0.6 is 0 Å². The van der Waals surface area contributed by atoms with Crippen LogP contribution in [0.15, 0.2) is 77.3 Å². The number of pyridine rings is 1. The molecule has 12 nitrogen and oxygen atoms in total. The fourth-order valence-electron chi connectivity index (χ4n) is 6.03. The number of carbonyl (C=O) groups is 3. The van der Waals surface area contributed by atoms with Crippen molar-refractivity contribution in [1.29, 1.82) is 0 Å². The number of nitrogens with one attached hydrogen (secondary N) is 2. The number of ether oxygens (including phenoxy) is 1. The number of oxazole rings is 1. The molecule has 0 atom stereocenters. The van der Waals surface area contributed by atoms with Gasteiger partial charge in [-0.25, -0.2) is 14.6 Å². The van der Waals surface area contributed by atoms with Gasteiger partial charge in [0.15, 0.2) is 5.69 Å². The third kappa shape index (κ3) is 7.98. The maximum Gasteiger partial charge on any atom is 0.437 e. The quantitative estimate of drug-likeness (QED) is 0.206. The number of alkyl halides is 3. The van der Waals surface area contributed by atoms with E-state index in [0.29, 0.717) is 69.2 Å². The number of aromatic nitrogens is 2. The molecule has 2 aromatic heterocycles. The van der Waals surface area contributed by atoms with Gasteiger partial charge in [0.2, 0.25) is 5.76 Å². The summed E-state index contributed by atoms with van der Waals surface area (Å²) in [6, 6.07) is 19.1. The lowest BCUT2D eigenvalue weighted by molar-refractivity contribution is -0.141. The molecule has 4 aromatic rings. The summed E-state index contributed by atoms with van der Waals surface area (Å²) >= 11 is 0. The van der Waals surface area contributed by atoms with Crippen LogP contribution < -0.4 is 20.4 Å². The molecule has 262 valence electrons. The molecule has 3 amide bonds. The van der Waals surface area contributed by atoms with E-state index in [1.807, 2.05) is 35.2 Å². The molecular weight excluding hydrogens is 655 g/mol. The fraction of sp³-hybridized carbons (Fsp3) is 0.343. The molecule has 2 aromatic carbocycles. The number of nitrogens with zero attached hydrogens (tertiary/aromatic N) is 5. The molecule has 50 heavy (non-hydrogen) atoms. The minimum absolute atomic E-state index is 0.177. The van der Waals surface area contributed by atoms with Gasteiger partial charge in [-0.05, 0) is 61.6 Å². The van der Waals surface area contributed by atoms with Crippen molar-refractivity contribution in [2.45, 2.75) is 31.9 Å². The largest absolute Gasteiger partial charge is 0.462 e. The van der Waals surface area contributed by atoms with Crippen LogP contribution in [0.5, 0.6) is 0 Å². The summed E-state index contributed by atoms with van der Waals surface area (Å²) < 4.78 is 52.3. The van der Waals surface area contributed by atoms with Crippen molar-refractivity contribution in [3.63, 3.8) is 0 Å². The number of benzene rings is 2. The van der Waals surface area contributed by atoms with Gasteiger partial charge < -0.3 is 34.5 Å². The van der Waals surface area contributed by atoms with E-state index in [1.54, 1.807) is 47.1 Å². The highest BCUT2D eigenvalue weighted by molar-refractivity contribution is 6.03. The van der Waals surface area contributed by atoms with Crippen LogP contribution in [-0.2, 0) is 10.9 Å². The highest BCUT2D eigenvalue weighted by atomic mass is 19.4. The zero-order valence-corrected chi connectivity index (χ0v) is 27.3. The smallest absolute Gasteiger partial charge is 0.437 e. The van der Waals surface area contributed by atoms with Gasteiger partial charge in [0.05, 0.1) is 24.1 Å². The van der Waals surface area contributed by atoms with Crippen LogP contribution in [0.4, 0.5) is 41.2 Å². The van der Waals surface area contributed by atoms with Crippen molar-refractivity contribution in [3.8, 4) is 0 Å². The lowest BCUT2D eigenvalue weighted by atomic mass is 9.90. The minimum Gasteiger partial charge on any atom is -0.462 e. The molecule has 2 N–H and O–H groups in total. The van der Waals surface area contributed by atoms with Crippen molar-refractivity contribution in [2.75, 3.05) is 66.3 Å². The zero-order valence-electron chi connectivity index (χ0n) is 27.3. The number of esters is 1. The Hall–Kier alpha value is -5.60. The van der Waals surface area contributed by atoms with Crippen LogP contribution in [0.25, 0.3) is 0 Å². The Bertz CT molecular complexity index is 1800. The first-order valence-electron chi connectivity index (χ1n) is 16.3. The molecule has 2 saturated heterocycles. The Balaban J connectivity index is 1.03. The van der Waals surface area contributed by atoms with Crippen molar-refractivity contribution in [1.82, 2.24) is 14.9 Å². The second-order valence-electron chi connectivity index (χ2n) is 11.9. The molecule has 0 bridgehead atoms. The predicted octanol–water partition coefficient (Wildman–Crippen LogP) is 6.26. The summed E-state index contributed by atoms with van der Waals surface area (Å²) in [5.41, 5.74) is 0.776. The number of piperazine rings is 1. The Morgan fingerprint density at radius 1 is 0.880 bits per heavy atom. The molecule has 0 aliphatic carbocycles. The Morgan fingerprint density at radius 2 is 1.62 bits per heavy atom. The Labute approximate surface area is 286 Å². The number of rotatable bonds is 8. The Kier molecular flexibility index (Phi) is 10.2. The van der Waals surface area contributed by atoms with Gasteiger partial charge in [-0.1, -0.05) is 36.4 Å². The van der Waals surface area contributed by atoms with Gasteiger partial charge >= 0.3 is 18.2 Å². The molecule has 4 heterocycles. The maximum absolute atomic E-state index is 13.9.